The molecular formula is C21H27ClFN3O4. The first kappa shape index (κ1) is 22.5. The van der Waals surface area contributed by atoms with E-state index in [1.54, 1.807) is 17.0 Å². The summed E-state index contributed by atoms with van der Waals surface area (Å²) in [6.07, 6.45) is 3.03. The molecule has 2 aliphatic rings. The minimum atomic E-state index is -0.668. The van der Waals surface area contributed by atoms with Crippen LogP contribution < -0.4 is 10.6 Å². The monoisotopic (exact) mass is 439 g/mol. The fourth-order valence-electron chi connectivity index (χ4n) is 4.10. The van der Waals surface area contributed by atoms with Crippen molar-refractivity contribution in [1.82, 2.24) is 15.5 Å². The topological polar surface area (TPSA) is 87.7 Å². The van der Waals surface area contributed by atoms with Gasteiger partial charge in [0.25, 0.3) is 0 Å². The van der Waals surface area contributed by atoms with Crippen LogP contribution in [0.2, 0.25) is 0 Å². The lowest BCUT2D eigenvalue weighted by Crippen LogP contribution is -2.54. The zero-order valence-corrected chi connectivity index (χ0v) is 17.5. The van der Waals surface area contributed by atoms with Gasteiger partial charge in [0, 0.05) is 26.2 Å². The minimum Gasteiger partial charge on any atom is -0.376 e. The van der Waals surface area contributed by atoms with Crippen LogP contribution in [0, 0.1) is 11.7 Å². The Kier molecular flexibility index (Phi) is 8.04. The molecule has 3 rings (SSSR count). The Hall–Kier alpha value is -2.19. The Morgan fingerprint density at radius 2 is 1.83 bits per heavy atom. The lowest BCUT2D eigenvalue weighted by atomic mass is 9.84. The van der Waals surface area contributed by atoms with Crippen molar-refractivity contribution in [2.24, 2.45) is 5.92 Å². The lowest BCUT2D eigenvalue weighted by molar-refractivity contribution is -0.147. The van der Waals surface area contributed by atoms with E-state index in [0.717, 1.165) is 18.4 Å². The molecule has 2 aliphatic heterocycles. The Morgan fingerprint density at radius 3 is 2.50 bits per heavy atom. The highest BCUT2D eigenvalue weighted by Crippen LogP contribution is 2.29. The SMILES string of the molecule is O=C(CCl)NC1CCCOC1C1CCN(C(=O)C(=O)NCc2ccc(F)cc2)CC1. The van der Waals surface area contributed by atoms with Crippen molar-refractivity contribution in [3.8, 4) is 0 Å². The van der Waals surface area contributed by atoms with Crippen LogP contribution in [0.1, 0.15) is 31.2 Å². The van der Waals surface area contributed by atoms with Gasteiger partial charge in [-0.3, -0.25) is 14.4 Å². The number of likely N-dealkylation sites (tertiary alicyclic amines) is 1. The van der Waals surface area contributed by atoms with Crippen LogP contribution >= 0.6 is 11.6 Å². The zero-order valence-electron chi connectivity index (χ0n) is 16.7. The van der Waals surface area contributed by atoms with Crippen LogP contribution in [-0.4, -0.2) is 60.3 Å². The van der Waals surface area contributed by atoms with E-state index in [9.17, 15) is 18.8 Å². The Bertz CT molecular complexity index is 753. The van der Waals surface area contributed by atoms with E-state index in [1.165, 1.54) is 12.1 Å². The number of hydrogen-bond donors (Lipinski definition) is 2. The van der Waals surface area contributed by atoms with Crippen LogP contribution in [0.4, 0.5) is 4.39 Å². The van der Waals surface area contributed by atoms with Gasteiger partial charge in [0.2, 0.25) is 5.91 Å². The average Bonchev–Trinajstić information content (AvgIpc) is 2.78. The third kappa shape index (κ3) is 5.92. The molecule has 2 unspecified atom stereocenters. The van der Waals surface area contributed by atoms with Crippen LogP contribution in [0.25, 0.3) is 0 Å². The average molecular weight is 440 g/mol. The number of hydrogen-bond acceptors (Lipinski definition) is 4. The van der Waals surface area contributed by atoms with Gasteiger partial charge in [-0.25, -0.2) is 4.39 Å². The summed E-state index contributed by atoms with van der Waals surface area (Å²) in [7, 11) is 0. The van der Waals surface area contributed by atoms with Crippen molar-refractivity contribution < 1.29 is 23.5 Å². The van der Waals surface area contributed by atoms with Crippen LogP contribution in [0.3, 0.4) is 0 Å². The summed E-state index contributed by atoms with van der Waals surface area (Å²) in [5, 5.41) is 5.53. The maximum absolute atomic E-state index is 12.9. The molecule has 0 aromatic heterocycles. The van der Waals surface area contributed by atoms with Gasteiger partial charge in [-0.15, -0.1) is 11.6 Å². The van der Waals surface area contributed by atoms with Gasteiger partial charge < -0.3 is 20.3 Å². The van der Waals surface area contributed by atoms with E-state index in [-0.39, 0.29) is 42.2 Å². The first-order chi connectivity index (χ1) is 14.5. The second-order valence-corrected chi connectivity index (χ2v) is 7.99. The number of amides is 3. The molecule has 2 atom stereocenters. The summed E-state index contributed by atoms with van der Waals surface area (Å²) in [6.45, 7) is 1.75. The first-order valence-corrected chi connectivity index (χ1v) is 10.8. The molecule has 0 bridgehead atoms. The fraction of sp³-hybridized carbons (Fsp3) is 0.571. The highest BCUT2D eigenvalue weighted by atomic mass is 35.5. The summed E-state index contributed by atoms with van der Waals surface area (Å²) >= 11 is 5.61. The van der Waals surface area contributed by atoms with Gasteiger partial charge in [0.1, 0.15) is 11.7 Å². The number of nitrogens with zero attached hydrogens (tertiary/aromatic N) is 1. The van der Waals surface area contributed by atoms with Crippen molar-refractivity contribution in [2.75, 3.05) is 25.6 Å². The summed E-state index contributed by atoms with van der Waals surface area (Å²) in [5.74, 6) is -1.66. The third-order valence-corrected chi connectivity index (χ3v) is 5.93. The maximum Gasteiger partial charge on any atom is 0.311 e. The van der Waals surface area contributed by atoms with E-state index in [1.807, 2.05) is 0 Å². The van der Waals surface area contributed by atoms with E-state index >= 15 is 0 Å². The van der Waals surface area contributed by atoms with Crippen molar-refractivity contribution >= 4 is 29.3 Å². The van der Waals surface area contributed by atoms with E-state index in [2.05, 4.69) is 10.6 Å². The van der Waals surface area contributed by atoms with Gasteiger partial charge in [-0.1, -0.05) is 12.1 Å². The molecule has 9 heteroatoms. The largest absolute Gasteiger partial charge is 0.376 e. The van der Waals surface area contributed by atoms with E-state index < -0.39 is 11.8 Å². The van der Waals surface area contributed by atoms with E-state index in [4.69, 9.17) is 16.3 Å². The number of halogens is 2. The highest BCUT2D eigenvalue weighted by Gasteiger charge is 2.37. The van der Waals surface area contributed by atoms with Crippen molar-refractivity contribution in [3.63, 3.8) is 0 Å². The molecule has 7 nitrogen and oxygen atoms in total. The molecule has 3 amide bonds. The zero-order chi connectivity index (χ0) is 21.5. The highest BCUT2D eigenvalue weighted by molar-refractivity contribution is 6.35. The molecule has 0 saturated carbocycles. The van der Waals surface area contributed by atoms with E-state index in [0.29, 0.717) is 32.5 Å². The van der Waals surface area contributed by atoms with Crippen molar-refractivity contribution in [1.29, 1.82) is 0 Å². The molecule has 1 aromatic carbocycles. The maximum atomic E-state index is 12.9. The number of nitrogens with one attached hydrogen (secondary N) is 2. The normalized spacial score (nSPS) is 22.4. The second-order valence-electron chi connectivity index (χ2n) is 7.72. The molecule has 164 valence electrons. The van der Waals surface area contributed by atoms with Gasteiger partial charge in [0.05, 0.1) is 12.1 Å². The third-order valence-electron chi connectivity index (χ3n) is 5.69. The summed E-state index contributed by atoms with van der Waals surface area (Å²) in [6, 6.07) is 5.68. The molecule has 2 saturated heterocycles. The Morgan fingerprint density at radius 1 is 1.13 bits per heavy atom. The summed E-state index contributed by atoms with van der Waals surface area (Å²) in [4.78, 5) is 37.9. The number of rotatable bonds is 5. The van der Waals surface area contributed by atoms with Crippen LogP contribution in [-0.2, 0) is 25.7 Å². The first-order valence-electron chi connectivity index (χ1n) is 10.3. The molecular weight excluding hydrogens is 413 g/mol. The number of benzene rings is 1. The van der Waals surface area contributed by atoms with Crippen molar-refractivity contribution in [3.05, 3.63) is 35.6 Å². The summed E-state index contributed by atoms with van der Waals surface area (Å²) < 4.78 is 18.9. The van der Waals surface area contributed by atoms with Crippen LogP contribution in [0.15, 0.2) is 24.3 Å². The van der Waals surface area contributed by atoms with Gasteiger partial charge >= 0.3 is 11.8 Å². The Labute approximate surface area is 180 Å². The van der Waals surface area contributed by atoms with Crippen molar-refractivity contribution in [2.45, 2.75) is 44.4 Å². The fourth-order valence-corrected chi connectivity index (χ4v) is 4.18. The number of carbonyl (C=O) groups excluding carboxylic acids is 3. The number of piperidine rings is 1. The Balaban J connectivity index is 1.47. The smallest absolute Gasteiger partial charge is 0.311 e. The molecule has 0 radical (unpaired) electrons. The molecule has 1 aromatic rings. The van der Waals surface area contributed by atoms with Gasteiger partial charge in [-0.2, -0.15) is 0 Å². The van der Waals surface area contributed by atoms with Gasteiger partial charge in [-0.05, 0) is 49.3 Å². The molecule has 2 heterocycles. The predicted molar refractivity (Wildman–Crippen MR) is 109 cm³/mol. The van der Waals surface area contributed by atoms with Gasteiger partial charge in [0.15, 0.2) is 0 Å². The molecule has 2 fully saturated rings. The molecule has 0 aliphatic carbocycles. The van der Waals surface area contributed by atoms with Crippen LogP contribution in [0.5, 0.6) is 0 Å². The molecule has 0 spiro atoms. The number of carbonyl (C=O) groups is 3. The summed E-state index contributed by atoms with van der Waals surface area (Å²) in [5.41, 5.74) is 0.718. The minimum absolute atomic E-state index is 0.0729. The standard InChI is InChI=1S/C21H27ClFN3O4/c22-12-18(27)25-17-2-1-11-30-19(17)15-7-9-26(10-8-15)21(29)20(28)24-13-14-3-5-16(23)6-4-14/h3-6,15,17,19H,1-2,7-13H2,(H,24,28)(H,25,27). The lowest BCUT2D eigenvalue weighted by Gasteiger charge is -2.41. The second kappa shape index (κ2) is 10.7. The quantitative estimate of drug-likeness (QED) is 0.538. The predicted octanol–water partition coefficient (Wildman–Crippen LogP) is 1.58. The number of alkyl halides is 1. The number of ether oxygens (including phenoxy) is 1. The molecule has 30 heavy (non-hydrogen) atoms. The molecule has 2 N–H and O–H groups in total.